The van der Waals surface area contributed by atoms with Crippen LogP contribution in [0, 0.1) is 0 Å². The van der Waals surface area contributed by atoms with Gasteiger partial charge in [0, 0.05) is 12.6 Å². The molecule has 1 aromatic heterocycles. The third kappa shape index (κ3) is 3.94. The second-order valence-electron chi connectivity index (χ2n) is 4.67. The Bertz CT molecular complexity index is 602. The first-order valence-corrected chi connectivity index (χ1v) is 6.85. The van der Waals surface area contributed by atoms with E-state index >= 15 is 0 Å². The van der Waals surface area contributed by atoms with Gasteiger partial charge in [-0.1, -0.05) is 11.3 Å². The van der Waals surface area contributed by atoms with Crippen molar-refractivity contribution >= 4 is 0 Å². The van der Waals surface area contributed by atoms with Crippen molar-refractivity contribution in [3.05, 3.63) is 35.7 Å². The van der Waals surface area contributed by atoms with Gasteiger partial charge in [-0.3, -0.25) is 0 Å². The van der Waals surface area contributed by atoms with Crippen molar-refractivity contribution in [3.8, 4) is 11.5 Å². The molecule has 0 fully saturated rings. The van der Waals surface area contributed by atoms with Crippen LogP contribution >= 0.6 is 0 Å². The molecule has 0 radical (unpaired) electrons. The largest absolute Gasteiger partial charge is 0.497 e. The van der Waals surface area contributed by atoms with E-state index in [4.69, 9.17) is 20.3 Å². The average Bonchev–Trinajstić information content (AvgIpc) is 2.94. The highest BCUT2D eigenvalue weighted by Crippen LogP contribution is 2.20. The summed E-state index contributed by atoms with van der Waals surface area (Å²) in [6.07, 6.45) is -0.914. The van der Waals surface area contributed by atoms with Crippen LogP contribution in [0.25, 0.3) is 0 Å². The van der Waals surface area contributed by atoms with Gasteiger partial charge in [-0.05, 0) is 12.1 Å². The maximum atomic E-state index is 9.54. The van der Waals surface area contributed by atoms with Crippen molar-refractivity contribution in [1.29, 1.82) is 0 Å². The van der Waals surface area contributed by atoms with E-state index in [1.807, 2.05) is 12.1 Å². The standard InChI is InChI=1S/C14H20N4O4/c1-21-11-3-2-4-12(5-11)22-9-14-13(6-15)16-17-18(14)7-10(20)8-19/h2-5,10,19-20H,6-9,15H2,1H3. The lowest BCUT2D eigenvalue weighted by Gasteiger charge is -2.12. The summed E-state index contributed by atoms with van der Waals surface area (Å²) in [5.41, 5.74) is 6.89. The molecule has 0 aliphatic heterocycles. The highest BCUT2D eigenvalue weighted by molar-refractivity contribution is 5.33. The van der Waals surface area contributed by atoms with Crippen LogP contribution in [0.4, 0.5) is 0 Å². The molecule has 0 amide bonds. The van der Waals surface area contributed by atoms with Crippen molar-refractivity contribution in [1.82, 2.24) is 15.0 Å². The normalized spacial score (nSPS) is 12.2. The Labute approximate surface area is 128 Å². The van der Waals surface area contributed by atoms with Crippen molar-refractivity contribution in [2.45, 2.75) is 25.8 Å². The summed E-state index contributed by atoms with van der Waals surface area (Å²) < 4.78 is 12.3. The van der Waals surface area contributed by atoms with Crippen molar-refractivity contribution < 1.29 is 19.7 Å². The number of benzene rings is 1. The van der Waals surface area contributed by atoms with Gasteiger partial charge < -0.3 is 25.4 Å². The van der Waals surface area contributed by atoms with Gasteiger partial charge in [0.1, 0.15) is 29.5 Å². The third-order valence-electron chi connectivity index (χ3n) is 3.12. The molecule has 1 aromatic carbocycles. The molecule has 22 heavy (non-hydrogen) atoms. The topological polar surface area (TPSA) is 116 Å². The van der Waals surface area contributed by atoms with Crippen LogP contribution in [0.2, 0.25) is 0 Å². The molecule has 0 aliphatic rings. The van der Waals surface area contributed by atoms with Crippen LogP contribution in [0.5, 0.6) is 11.5 Å². The monoisotopic (exact) mass is 308 g/mol. The molecule has 0 saturated carbocycles. The molecule has 4 N–H and O–H groups in total. The van der Waals surface area contributed by atoms with E-state index in [1.54, 1.807) is 19.2 Å². The second-order valence-corrected chi connectivity index (χ2v) is 4.67. The second kappa shape index (κ2) is 7.74. The quantitative estimate of drug-likeness (QED) is 0.612. The first kappa shape index (κ1) is 16.2. The van der Waals surface area contributed by atoms with Crippen molar-refractivity contribution in [3.63, 3.8) is 0 Å². The van der Waals surface area contributed by atoms with E-state index in [-0.39, 0.29) is 26.3 Å². The van der Waals surface area contributed by atoms with E-state index in [9.17, 15) is 5.11 Å². The van der Waals surface area contributed by atoms with Crippen LogP contribution < -0.4 is 15.2 Å². The van der Waals surface area contributed by atoms with Gasteiger partial charge in [0.25, 0.3) is 0 Å². The van der Waals surface area contributed by atoms with Gasteiger partial charge >= 0.3 is 0 Å². The first-order chi connectivity index (χ1) is 10.7. The zero-order valence-corrected chi connectivity index (χ0v) is 12.3. The molecule has 8 nitrogen and oxygen atoms in total. The number of hydrogen-bond donors (Lipinski definition) is 3. The molecule has 1 unspecified atom stereocenters. The Morgan fingerprint density at radius 2 is 2.14 bits per heavy atom. The van der Waals surface area contributed by atoms with E-state index in [0.717, 1.165) is 0 Å². The van der Waals surface area contributed by atoms with Crippen LogP contribution in [-0.4, -0.2) is 45.0 Å². The summed E-state index contributed by atoms with van der Waals surface area (Å²) in [6.45, 7) is 0.186. The van der Waals surface area contributed by atoms with E-state index < -0.39 is 6.10 Å². The molecule has 0 spiro atoms. The van der Waals surface area contributed by atoms with E-state index in [0.29, 0.717) is 22.9 Å². The molecule has 120 valence electrons. The highest BCUT2D eigenvalue weighted by Gasteiger charge is 2.15. The lowest BCUT2D eigenvalue weighted by Crippen LogP contribution is -2.23. The Hall–Kier alpha value is -2.16. The fourth-order valence-electron chi connectivity index (χ4n) is 1.93. The lowest BCUT2D eigenvalue weighted by molar-refractivity contribution is 0.0761. The molecule has 0 bridgehead atoms. The van der Waals surface area contributed by atoms with Crippen molar-refractivity contribution in [2.75, 3.05) is 13.7 Å². The molecule has 2 aromatic rings. The van der Waals surface area contributed by atoms with E-state index in [1.165, 1.54) is 4.68 Å². The average molecular weight is 308 g/mol. The van der Waals surface area contributed by atoms with Gasteiger partial charge in [-0.25, -0.2) is 4.68 Å². The summed E-state index contributed by atoms with van der Waals surface area (Å²) in [6, 6.07) is 7.21. The minimum atomic E-state index is -0.914. The fraction of sp³-hybridized carbons (Fsp3) is 0.429. The number of nitrogens with zero attached hydrogens (tertiary/aromatic N) is 3. The number of hydrogen-bond acceptors (Lipinski definition) is 7. The third-order valence-corrected chi connectivity index (χ3v) is 3.12. The molecule has 1 atom stereocenters. The van der Waals surface area contributed by atoms with Gasteiger partial charge in [0.15, 0.2) is 0 Å². The minimum Gasteiger partial charge on any atom is -0.497 e. The number of ether oxygens (including phenoxy) is 2. The first-order valence-electron chi connectivity index (χ1n) is 6.85. The van der Waals surface area contributed by atoms with Crippen LogP contribution in [0.15, 0.2) is 24.3 Å². The zero-order valence-electron chi connectivity index (χ0n) is 12.3. The number of aliphatic hydroxyl groups is 2. The molecular weight excluding hydrogens is 288 g/mol. The van der Waals surface area contributed by atoms with Crippen LogP contribution in [0.3, 0.4) is 0 Å². The summed E-state index contributed by atoms with van der Waals surface area (Å²) in [5.74, 6) is 1.33. The highest BCUT2D eigenvalue weighted by atomic mass is 16.5. The lowest BCUT2D eigenvalue weighted by atomic mass is 10.3. The molecule has 2 rings (SSSR count). The number of aliphatic hydroxyl groups excluding tert-OH is 2. The van der Waals surface area contributed by atoms with Gasteiger partial charge in [-0.2, -0.15) is 0 Å². The summed E-state index contributed by atoms with van der Waals surface area (Å²) in [5, 5.41) is 26.4. The number of nitrogens with two attached hydrogens (primary N) is 1. The maximum Gasteiger partial charge on any atom is 0.132 e. The Morgan fingerprint density at radius 3 is 2.82 bits per heavy atom. The van der Waals surface area contributed by atoms with Crippen LogP contribution in [0.1, 0.15) is 11.4 Å². The molecule has 1 heterocycles. The number of rotatable bonds is 8. The molecular formula is C14H20N4O4. The van der Waals surface area contributed by atoms with Gasteiger partial charge in [0.2, 0.25) is 0 Å². The summed E-state index contributed by atoms with van der Waals surface area (Å²) in [4.78, 5) is 0. The predicted octanol–water partition coefficient (Wildman–Crippen LogP) is -0.322. The van der Waals surface area contributed by atoms with Crippen molar-refractivity contribution in [2.24, 2.45) is 5.73 Å². The Morgan fingerprint density at radius 1 is 1.36 bits per heavy atom. The summed E-state index contributed by atoms with van der Waals surface area (Å²) >= 11 is 0. The maximum absolute atomic E-state index is 9.54. The van der Waals surface area contributed by atoms with Crippen LogP contribution in [-0.2, 0) is 19.7 Å². The van der Waals surface area contributed by atoms with Gasteiger partial charge in [0.05, 0.1) is 26.4 Å². The SMILES string of the molecule is COc1cccc(OCc2c(CN)nnn2CC(O)CO)c1. The Balaban J connectivity index is 2.11. The molecule has 0 aliphatic carbocycles. The number of methoxy groups -OCH3 is 1. The Kier molecular flexibility index (Phi) is 5.70. The van der Waals surface area contributed by atoms with E-state index in [2.05, 4.69) is 10.3 Å². The number of aromatic nitrogens is 3. The smallest absolute Gasteiger partial charge is 0.132 e. The minimum absolute atomic E-state index is 0.125. The zero-order chi connectivity index (χ0) is 15.9. The fourth-order valence-corrected chi connectivity index (χ4v) is 1.93. The van der Waals surface area contributed by atoms with Gasteiger partial charge in [-0.15, -0.1) is 5.10 Å². The summed E-state index contributed by atoms with van der Waals surface area (Å²) in [7, 11) is 1.58. The predicted molar refractivity (Wildman–Crippen MR) is 78.3 cm³/mol. The molecule has 0 saturated heterocycles. The molecule has 8 heteroatoms.